The van der Waals surface area contributed by atoms with Gasteiger partial charge in [-0.1, -0.05) is 33.8 Å². The molecule has 1 aliphatic carbocycles. The summed E-state index contributed by atoms with van der Waals surface area (Å²) in [5.74, 6) is 2.30. The van der Waals surface area contributed by atoms with Gasteiger partial charge in [0.15, 0.2) is 0 Å². The number of ether oxygens (including phenoxy) is 1. The summed E-state index contributed by atoms with van der Waals surface area (Å²) < 4.78 is 5.75. The second-order valence-corrected chi connectivity index (χ2v) is 5.32. The second-order valence-electron chi connectivity index (χ2n) is 5.32. The average Bonchev–Trinajstić information content (AvgIpc) is 2.62. The minimum absolute atomic E-state index is 0.477. The van der Waals surface area contributed by atoms with Crippen LogP contribution >= 0.6 is 0 Å². The van der Waals surface area contributed by atoms with Gasteiger partial charge in [0.25, 0.3) is 0 Å². The standard InChI is InChI=1S/C16H25NO/c1-5-9-18-13-7-8-14-11(3)12(4)16(17-6-2)15(14)10-13/h7-8,10-12,16-17H,5-6,9H2,1-4H3. The molecular formula is C16H25NO. The molecule has 0 saturated heterocycles. The number of nitrogens with one attached hydrogen (secondary N) is 1. The predicted octanol–water partition coefficient (Wildman–Crippen LogP) is 3.88. The fourth-order valence-corrected chi connectivity index (χ4v) is 2.92. The normalized spacial score (nSPS) is 26.1. The molecule has 18 heavy (non-hydrogen) atoms. The number of hydrogen-bond acceptors (Lipinski definition) is 2. The van der Waals surface area contributed by atoms with Crippen LogP contribution in [0.15, 0.2) is 18.2 Å². The molecule has 1 aliphatic rings. The SMILES string of the molecule is CCCOc1ccc2c(c1)C(NCC)C(C)C2C. The van der Waals surface area contributed by atoms with E-state index in [1.807, 2.05) is 0 Å². The Bertz CT molecular complexity index is 402. The van der Waals surface area contributed by atoms with E-state index in [9.17, 15) is 0 Å². The van der Waals surface area contributed by atoms with Gasteiger partial charge >= 0.3 is 0 Å². The molecular weight excluding hydrogens is 222 g/mol. The van der Waals surface area contributed by atoms with Gasteiger partial charge in [0.2, 0.25) is 0 Å². The predicted molar refractivity (Wildman–Crippen MR) is 76.2 cm³/mol. The van der Waals surface area contributed by atoms with Crippen molar-refractivity contribution in [1.29, 1.82) is 0 Å². The molecule has 100 valence electrons. The molecule has 0 saturated carbocycles. The van der Waals surface area contributed by atoms with E-state index in [0.29, 0.717) is 17.9 Å². The van der Waals surface area contributed by atoms with Crippen molar-refractivity contribution in [2.75, 3.05) is 13.2 Å². The molecule has 0 bridgehead atoms. The second kappa shape index (κ2) is 5.75. The Hall–Kier alpha value is -1.02. The quantitative estimate of drug-likeness (QED) is 0.852. The number of benzene rings is 1. The van der Waals surface area contributed by atoms with Gasteiger partial charge in [0, 0.05) is 6.04 Å². The van der Waals surface area contributed by atoms with E-state index in [1.165, 1.54) is 11.1 Å². The topological polar surface area (TPSA) is 21.3 Å². The molecule has 2 rings (SSSR count). The van der Waals surface area contributed by atoms with Crippen LogP contribution in [0.1, 0.15) is 57.2 Å². The molecule has 0 spiro atoms. The first-order valence-electron chi connectivity index (χ1n) is 7.19. The zero-order chi connectivity index (χ0) is 13.1. The van der Waals surface area contributed by atoms with Gasteiger partial charge in [0.1, 0.15) is 5.75 Å². The molecule has 0 radical (unpaired) electrons. The number of fused-ring (bicyclic) bond motifs is 1. The highest BCUT2D eigenvalue weighted by molar-refractivity contribution is 5.44. The summed E-state index contributed by atoms with van der Waals surface area (Å²) in [6, 6.07) is 7.08. The van der Waals surface area contributed by atoms with Gasteiger partial charge in [-0.05, 0) is 48.1 Å². The highest BCUT2D eigenvalue weighted by Crippen LogP contribution is 2.45. The molecule has 0 aromatic heterocycles. The van der Waals surface area contributed by atoms with Crippen LogP contribution in [0.2, 0.25) is 0 Å². The lowest BCUT2D eigenvalue weighted by atomic mass is 9.94. The van der Waals surface area contributed by atoms with E-state index in [2.05, 4.69) is 51.2 Å². The van der Waals surface area contributed by atoms with E-state index >= 15 is 0 Å². The van der Waals surface area contributed by atoms with Gasteiger partial charge in [-0.25, -0.2) is 0 Å². The Labute approximate surface area is 111 Å². The Morgan fingerprint density at radius 3 is 2.61 bits per heavy atom. The molecule has 1 aromatic carbocycles. The fourth-order valence-electron chi connectivity index (χ4n) is 2.92. The van der Waals surface area contributed by atoms with Crippen LogP contribution in [0.25, 0.3) is 0 Å². The van der Waals surface area contributed by atoms with Crippen molar-refractivity contribution in [3.63, 3.8) is 0 Å². The summed E-state index contributed by atoms with van der Waals surface area (Å²) in [7, 11) is 0. The van der Waals surface area contributed by atoms with Crippen molar-refractivity contribution >= 4 is 0 Å². The van der Waals surface area contributed by atoms with E-state index < -0.39 is 0 Å². The highest BCUT2D eigenvalue weighted by Gasteiger charge is 2.34. The molecule has 1 aromatic rings. The molecule has 3 unspecified atom stereocenters. The smallest absolute Gasteiger partial charge is 0.119 e. The van der Waals surface area contributed by atoms with Gasteiger partial charge in [-0.2, -0.15) is 0 Å². The van der Waals surface area contributed by atoms with Crippen LogP contribution in [-0.4, -0.2) is 13.2 Å². The van der Waals surface area contributed by atoms with Crippen LogP contribution in [0.5, 0.6) is 5.75 Å². The number of rotatable bonds is 5. The summed E-state index contributed by atoms with van der Waals surface area (Å²) in [4.78, 5) is 0. The van der Waals surface area contributed by atoms with Crippen molar-refractivity contribution in [1.82, 2.24) is 5.32 Å². The van der Waals surface area contributed by atoms with Crippen LogP contribution < -0.4 is 10.1 Å². The summed E-state index contributed by atoms with van der Waals surface area (Å²) >= 11 is 0. The molecule has 0 fully saturated rings. The van der Waals surface area contributed by atoms with Gasteiger partial charge in [-0.15, -0.1) is 0 Å². The first-order chi connectivity index (χ1) is 8.69. The van der Waals surface area contributed by atoms with E-state index in [0.717, 1.165) is 25.3 Å². The van der Waals surface area contributed by atoms with Crippen LogP contribution in [-0.2, 0) is 0 Å². The largest absolute Gasteiger partial charge is 0.494 e. The fraction of sp³-hybridized carbons (Fsp3) is 0.625. The molecule has 0 amide bonds. The maximum Gasteiger partial charge on any atom is 0.119 e. The van der Waals surface area contributed by atoms with E-state index in [-0.39, 0.29) is 0 Å². The Balaban J connectivity index is 2.27. The van der Waals surface area contributed by atoms with Crippen LogP contribution in [0.4, 0.5) is 0 Å². The lowest BCUT2D eigenvalue weighted by Crippen LogP contribution is -2.24. The average molecular weight is 247 g/mol. The van der Waals surface area contributed by atoms with Crippen molar-refractivity contribution in [2.45, 2.75) is 46.1 Å². The van der Waals surface area contributed by atoms with Crippen molar-refractivity contribution in [3.05, 3.63) is 29.3 Å². The van der Waals surface area contributed by atoms with Crippen LogP contribution in [0, 0.1) is 5.92 Å². The first kappa shape index (κ1) is 13.4. The molecule has 1 N–H and O–H groups in total. The van der Waals surface area contributed by atoms with Crippen molar-refractivity contribution in [3.8, 4) is 5.75 Å². The highest BCUT2D eigenvalue weighted by atomic mass is 16.5. The minimum Gasteiger partial charge on any atom is -0.494 e. The minimum atomic E-state index is 0.477. The molecule has 0 heterocycles. The van der Waals surface area contributed by atoms with E-state index in [1.54, 1.807) is 0 Å². The van der Waals surface area contributed by atoms with Crippen molar-refractivity contribution < 1.29 is 4.74 Å². The van der Waals surface area contributed by atoms with E-state index in [4.69, 9.17) is 4.74 Å². The third-order valence-corrected chi connectivity index (χ3v) is 4.10. The van der Waals surface area contributed by atoms with Gasteiger partial charge in [-0.3, -0.25) is 0 Å². The number of hydrogen-bond donors (Lipinski definition) is 1. The summed E-state index contributed by atoms with van der Waals surface area (Å²) in [6.45, 7) is 10.8. The zero-order valence-electron chi connectivity index (χ0n) is 12.0. The lowest BCUT2D eigenvalue weighted by molar-refractivity contribution is 0.316. The summed E-state index contributed by atoms with van der Waals surface area (Å²) in [6.07, 6.45) is 1.06. The third-order valence-electron chi connectivity index (χ3n) is 4.10. The summed E-state index contributed by atoms with van der Waals surface area (Å²) in [5, 5.41) is 3.61. The molecule has 2 nitrogen and oxygen atoms in total. The monoisotopic (exact) mass is 247 g/mol. The molecule has 2 heteroatoms. The van der Waals surface area contributed by atoms with Gasteiger partial charge in [0.05, 0.1) is 6.61 Å². The van der Waals surface area contributed by atoms with Crippen LogP contribution in [0.3, 0.4) is 0 Å². The first-order valence-corrected chi connectivity index (χ1v) is 7.19. The Morgan fingerprint density at radius 2 is 1.94 bits per heavy atom. The van der Waals surface area contributed by atoms with Gasteiger partial charge < -0.3 is 10.1 Å². The summed E-state index contributed by atoms with van der Waals surface area (Å²) in [5.41, 5.74) is 2.92. The lowest BCUT2D eigenvalue weighted by Gasteiger charge is -2.19. The maximum absolute atomic E-state index is 5.75. The maximum atomic E-state index is 5.75. The Kier molecular flexibility index (Phi) is 4.28. The molecule has 3 atom stereocenters. The zero-order valence-corrected chi connectivity index (χ0v) is 12.0. The Morgan fingerprint density at radius 1 is 1.17 bits per heavy atom. The van der Waals surface area contributed by atoms with Crippen molar-refractivity contribution in [2.24, 2.45) is 5.92 Å². The third kappa shape index (κ3) is 2.39. The molecule has 0 aliphatic heterocycles.